The Labute approximate surface area is 228 Å². The van der Waals surface area contributed by atoms with Gasteiger partial charge in [0.1, 0.15) is 11.3 Å². The number of nitrogens with zero attached hydrogens (tertiary/aromatic N) is 2. The summed E-state index contributed by atoms with van der Waals surface area (Å²) in [5.74, 6) is -9.61. The Kier molecular flexibility index (Phi) is 8.57. The van der Waals surface area contributed by atoms with Crippen LogP contribution in [0.15, 0.2) is 48.5 Å². The predicted molar refractivity (Wildman–Crippen MR) is 134 cm³/mol. The van der Waals surface area contributed by atoms with Crippen molar-refractivity contribution in [3.05, 3.63) is 65.2 Å². The topological polar surface area (TPSA) is 134 Å². The van der Waals surface area contributed by atoms with Gasteiger partial charge in [-0.25, -0.2) is 0 Å². The number of hydrogen-bond donors (Lipinski definition) is 1. The van der Waals surface area contributed by atoms with Crippen molar-refractivity contribution in [3.63, 3.8) is 0 Å². The first-order chi connectivity index (χ1) is 18.8. The number of benzene rings is 2. The fraction of sp³-hybridized carbons (Fsp3) is 0.393. The SMILES string of the molecule is CCOC(=O)C1C(=O)N(c2cccc(C(F)(F)F)c2)C(C)C(C(=O)O)([C@@H](C)C(=O)OC)C1c1ccc(C#N)cc1. The molecular weight excluding hydrogens is 533 g/mol. The molecular formula is C28H27F3N2O7. The van der Waals surface area contributed by atoms with Crippen LogP contribution in [0.25, 0.3) is 0 Å². The summed E-state index contributed by atoms with van der Waals surface area (Å²) in [6.07, 6.45) is -4.78. The zero-order valence-corrected chi connectivity index (χ0v) is 22.1. The Morgan fingerprint density at radius 3 is 2.30 bits per heavy atom. The fourth-order valence-electron chi connectivity index (χ4n) is 5.62. The van der Waals surface area contributed by atoms with Gasteiger partial charge in [-0.3, -0.25) is 19.2 Å². The number of anilines is 1. The quantitative estimate of drug-likeness (QED) is 0.394. The summed E-state index contributed by atoms with van der Waals surface area (Å²) in [6, 6.07) is 9.61. The lowest BCUT2D eigenvalue weighted by Crippen LogP contribution is -2.68. The van der Waals surface area contributed by atoms with Crippen LogP contribution in [0, 0.1) is 28.6 Å². The van der Waals surface area contributed by atoms with E-state index in [0.29, 0.717) is 6.07 Å². The molecule has 0 bridgehead atoms. The lowest BCUT2D eigenvalue weighted by molar-refractivity contribution is -0.176. The Hall–Kier alpha value is -4.40. The minimum Gasteiger partial charge on any atom is -0.481 e. The molecule has 9 nitrogen and oxygen atoms in total. The molecule has 1 amide bonds. The number of hydrogen-bond acceptors (Lipinski definition) is 7. The zero-order chi connectivity index (χ0) is 30.0. The number of amides is 1. The molecule has 5 atom stereocenters. The molecule has 12 heteroatoms. The van der Waals surface area contributed by atoms with Crippen molar-refractivity contribution >= 4 is 29.5 Å². The number of carboxylic acid groups (broad SMARTS) is 1. The molecule has 40 heavy (non-hydrogen) atoms. The highest BCUT2D eigenvalue weighted by molar-refractivity contribution is 6.10. The number of carbonyl (C=O) groups is 4. The van der Waals surface area contributed by atoms with E-state index in [2.05, 4.69) is 0 Å². The maximum absolute atomic E-state index is 14.1. The molecule has 1 saturated heterocycles. The summed E-state index contributed by atoms with van der Waals surface area (Å²) in [5, 5.41) is 20.1. The number of halogens is 3. The van der Waals surface area contributed by atoms with Crippen LogP contribution in [0.2, 0.25) is 0 Å². The lowest BCUT2D eigenvalue weighted by atomic mass is 9.54. The Bertz CT molecular complexity index is 1350. The molecule has 212 valence electrons. The molecule has 0 saturated carbocycles. The van der Waals surface area contributed by atoms with E-state index in [9.17, 15) is 42.7 Å². The summed E-state index contributed by atoms with van der Waals surface area (Å²) in [4.78, 5) is 54.6. The molecule has 1 fully saturated rings. The molecule has 1 aliphatic heterocycles. The second-order valence-electron chi connectivity index (χ2n) is 9.36. The Morgan fingerprint density at radius 1 is 1.18 bits per heavy atom. The van der Waals surface area contributed by atoms with E-state index < -0.39 is 64.8 Å². The van der Waals surface area contributed by atoms with Crippen LogP contribution in [0.1, 0.15) is 43.4 Å². The Morgan fingerprint density at radius 2 is 1.80 bits per heavy atom. The first-order valence-electron chi connectivity index (χ1n) is 12.2. The molecule has 3 rings (SSSR count). The van der Waals surface area contributed by atoms with Crippen LogP contribution in [-0.4, -0.2) is 48.7 Å². The van der Waals surface area contributed by atoms with Gasteiger partial charge in [-0.05, 0) is 49.7 Å². The second-order valence-corrected chi connectivity index (χ2v) is 9.36. The molecule has 0 aliphatic carbocycles. The third-order valence-corrected chi connectivity index (χ3v) is 7.46. The number of aliphatic carboxylic acids is 1. The molecule has 0 aromatic heterocycles. The fourth-order valence-corrected chi connectivity index (χ4v) is 5.62. The van der Waals surface area contributed by atoms with Crippen LogP contribution in [0.3, 0.4) is 0 Å². The largest absolute Gasteiger partial charge is 0.481 e. The number of carboxylic acids is 1. The van der Waals surface area contributed by atoms with Gasteiger partial charge in [0.05, 0.1) is 42.9 Å². The van der Waals surface area contributed by atoms with Gasteiger partial charge in [-0.2, -0.15) is 18.4 Å². The van der Waals surface area contributed by atoms with Crippen molar-refractivity contribution in [2.75, 3.05) is 18.6 Å². The van der Waals surface area contributed by atoms with Gasteiger partial charge in [0.15, 0.2) is 0 Å². The second kappa shape index (κ2) is 11.4. The van der Waals surface area contributed by atoms with Crippen molar-refractivity contribution in [1.82, 2.24) is 0 Å². The lowest BCUT2D eigenvalue weighted by Gasteiger charge is -2.54. The third-order valence-electron chi connectivity index (χ3n) is 7.46. The van der Waals surface area contributed by atoms with Gasteiger partial charge in [-0.1, -0.05) is 25.1 Å². The predicted octanol–water partition coefficient (Wildman–Crippen LogP) is 4.16. The average molecular weight is 561 g/mol. The van der Waals surface area contributed by atoms with Crippen molar-refractivity contribution in [3.8, 4) is 6.07 Å². The van der Waals surface area contributed by atoms with Crippen molar-refractivity contribution in [1.29, 1.82) is 5.26 Å². The number of piperidine rings is 1. The first kappa shape index (κ1) is 30.1. The number of esters is 2. The molecule has 0 spiro atoms. The summed E-state index contributed by atoms with van der Waals surface area (Å²) in [5.41, 5.74) is -3.38. The average Bonchev–Trinajstić information content (AvgIpc) is 2.91. The van der Waals surface area contributed by atoms with Gasteiger partial charge in [0.2, 0.25) is 5.91 Å². The van der Waals surface area contributed by atoms with E-state index in [-0.39, 0.29) is 23.4 Å². The van der Waals surface area contributed by atoms with Gasteiger partial charge < -0.3 is 19.5 Å². The number of nitriles is 1. The van der Waals surface area contributed by atoms with Crippen LogP contribution >= 0.6 is 0 Å². The maximum Gasteiger partial charge on any atom is 0.416 e. The third kappa shape index (κ3) is 4.99. The number of carbonyl (C=O) groups excluding carboxylic acids is 3. The van der Waals surface area contributed by atoms with Crippen LogP contribution in [-0.2, 0) is 34.8 Å². The monoisotopic (exact) mass is 560 g/mol. The van der Waals surface area contributed by atoms with Crippen molar-refractivity contribution in [2.45, 2.75) is 38.9 Å². The normalized spacial score (nSPS) is 23.6. The van der Waals surface area contributed by atoms with E-state index >= 15 is 0 Å². The van der Waals surface area contributed by atoms with Crippen molar-refractivity contribution < 1.29 is 46.9 Å². The van der Waals surface area contributed by atoms with Crippen LogP contribution in [0.5, 0.6) is 0 Å². The summed E-state index contributed by atoms with van der Waals surface area (Å²) < 4.78 is 50.8. The zero-order valence-electron chi connectivity index (χ0n) is 22.1. The minimum absolute atomic E-state index is 0.138. The summed E-state index contributed by atoms with van der Waals surface area (Å²) >= 11 is 0. The van der Waals surface area contributed by atoms with Crippen LogP contribution in [0.4, 0.5) is 18.9 Å². The van der Waals surface area contributed by atoms with Gasteiger partial charge in [-0.15, -0.1) is 0 Å². The highest BCUT2D eigenvalue weighted by Crippen LogP contribution is 2.56. The molecule has 4 unspecified atom stereocenters. The summed E-state index contributed by atoms with van der Waals surface area (Å²) in [7, 11) is 1.04. The van der Waals surface area contributed by atoms with Gasteiger partial charge in [0.25, 0.3) is 0 Å². The van der Waals surface area contributed by atoms with Crippen molar-refractivity contribution in [2.24, 2.45) is 17.3 Å². The standard InChI is InChI=1S/C28H27F3N2O7/c1-5-40-25(36)21-22(18-11-9-17(14-32)10-12-18)27(26(37)38,15(2)24(35)39-4)16(3)33(23(21)34)20-8-6-7-19(13-20)28(29,30)31/h6-13,15-16,21-22H,5H2,1-4H3,(H,37,38)/t15-,16?,21?,22?,27?/m0/s1. The van der Waals surface area contributed by atoms with Crippen LogP contribution < -0.4 is 4.90 Å². The number of ether oxygens (including phenoxy) is 2. The molecule has 2 aromatic carbocycles. The molecule has 1 heterocycles. The summed E-state index contributed by atoms with van der Waals surface area (Å²) in [6.45, 7) is 3.84. The van der Waals surface area contributed by atoms with E-state index in [0.717, 1.165) is 24.1 Å². The molecule has 1 N–H and O–H groups in total. The highest BCUT2D eigenvalue weighted by Gasteiger charge is 2.67. The minimum atomic E-state index is -4.78. The number of rotatable bonds is 7. The smallest absolute Gasteiger partial charge is 0.416 e. The Balaban J connectivity index is 2.44. The van der Waals surface area contributed by atoms with E-state index in [1.807, 2.05) is 6.07 Å². The molecule has 2 aromatic rings. The first-order valence-corrected chi connectivity index (χ1v) is 12.2. The number of alkyl halides is 3. The van der Waals surface area contributed by atoms with Gasteiger partial charge in [0, 0.05) is 11.6 Å². The van der Waals surface area contributed by atoms with E-state index in [1.165, 1.54) is 51.1 Å². The highest BCUT2D eigenvalue weighted by atomic mass is 19.4. The van der Waals surface area contributed by atoms with Gasteiger partial charge >= 0.3 is 24.1 Å². The number of methoxy groups -OCH3 is 1. The maximum atomic E-state index is 14.1. The molecule has 1 aliphatic rings. The van der Waals surface area contributed by atoms with E-state index in [1.54, 1.807) is 0 Å². The van der Waals surface area contributed by atoms with E-state index in [4.69, 9.17) is 9.47 Å². The molecule has 0 radical (unpaired) electrons.